The van der Waals surface area contributed by atoms with Crippen LogP contribution in [0.5, 0.6) is 0 Å². The molecule has 2 rings (SSSR count). The number of rotatable bonds is 2. The monoisotopic (exact) mass is 243 g/mol. The van der Waals surface area contributed by atoms with E-state index in [1.54, 1.807) is 18.2 Å². The number of benzene rings is 1. The van der Waals surface area contributed by atoms with Gasteiger partial charge in [0.05, 0.1) is 17.2 Å². The van der Waals surface area contributed by atoms with Gasteiger partial charge in [-0.2, -0.15) is 5.26 Å². The predicted octanol–water partition coefficient (Wildman–Crippen LogP) is 2.23. The lowest BCUT2D eigenvalue weighted by atomic mass is 9.96. The van der Waals surface area contributed by atoms with Crippen LogP contribution in [-0.4, -0.2) is 17.9 Å². The van der Waals surface area contributed by atoms with Crippen LogP contribution in [0, 0.1) is 11.3 Å². The van der Waals surface area contributed by atoms with Crippen molar-refractivity contribution in [1.82, 2.24) is 0 Å². The predicted molar refractivity (Wildman–Crippen MR) is 63.8 cm³/mol. The van der Waals surface area contributed by atoms with Crippen molar-refractivity contribution in [3.05, 3.63) is 35.4 Å². The van der Waals surface area contributed by atoms with E-state index in [0.29, 0.717) is 24.0 Å². The van der Waals surface area contributed by atoms with Crippen LogP contribution in [0.15, 0.2) is 24.3 Å². The quantitative estimate of drug-likeness (QED) is 0.747. The fraction of sp³-hybridized carbons (Fsp3) is 0.357. The van der Waals surface area contributed by atoms with Gasteiger partial charge in [-0.05, 0) is 37.5 Å². The highest BCUT2D eigenvalue weighted by atomic mass is 16.5. The van der Waals surface area contributed by atoms with Gasteiger partial charge in [-0.25, -0.2) is 4.79 Å². The molecule has 1 aromatic rings. The number of carbonyl (C=O) groups is 2. The van der Waals surface area contributed by atoms with E-state index >= 15 is 0 Å². The third-order valence-electron chi connectivity index (χ3n) is 2.98. The summed E-state index contributed by atoms with van der Waals surface area (Å²) < 4.78 is 5.19. The molecule has 0 N–H and O–H groups in total. The number of carbonyl (C=O) groups excluding carboxylic acids is 2. The normalized spacial score (nSPS) is 19.1. The molecule has 0 bridgehead atoms. The maximum absolute atomic E-state index is 11.8. The average molecular weight is 243 g/mol. The van der Waals surface area contributed by atoms with Gasteiger partial charge in [0.15, 0.2) is 11.9 Å². The summed E-state index contributed by atoms with van der Waals surface area (Å²) in [4.78, 5) is 23.4. The van der Waals surface area contributed by atoms with Crippen molar-refractivity contribution in [1.29, 1.82) is 5.26 Å². The first-order valence-electron chi connectivity index (χ1n) is 5.94. The molecular formula is C14H13NO3. The number of nitriles is 1. The standard InChI is InChI=1S/C14H13NO3/c15-9-10-4-3-5-11(8-10)14(17)18-13-7-2-1-6-12(13)16/h3-5,8,13H,1-2,6-7H2/t13-/m1/s1. The van der Waals surface area contributed by atoms with Crippen molar-refractivity contribution in [2.75, 3.05) is 0 Å². The molecule has 1 aliphatic carbocycles. The number of ether oxygens (including phenoxy) is 1. The van der Waals surface area contributed by atoms with E-state index in [9.17, 15) is 9.59 Å². The Labute approximate surface area is 105 Å². The summed E-state index contributed by atoms with van der Waals surface area (Å²) in [5, 5.41) is 8.75. The van der Waals surface area contributed by atoms with Crippen LogP contribution in [0.3, 0.4) is 0 Å². The molecule has 18 heavy (non-hydrogen) atoms. The number of nitrogens with zero attached hydrogens (tertiary/aromatic N) is 1. The van der Waals surface area contributed by atoms with Gasteiger partial charge < -0.3 is 4.74 Å². The summed E-state index contributed by atoms with van der Waals surface area (Å²) in [5.41, 5.74) is 0.715. The molecule has 0 heterocycles. The molecule has 0 aromatic heterocycles. The lowest BCUT2D eigenvalue weighted by molar-refractivity contribution is -0.129. The smallest absolute Gasteiger partial charge is 0.338 e. The Kier molecular flexibility index (Phi) is 3.73. The number of ketones is 1. The zero-order chi connectivity index (χ0) is 13.0. The molecule has 0 amide bonds. The van der Waals surface area contributed by atoms with Crippen molar-refractivity contribution >= 4 is 11.8 Å². The van der Waals surface area contributed by atoms with E-state index in [4.69, 9.17) is 10.00 Å². The van der Waals surface area contributed by atoms with Crippen LogP contribution in [0.2, 0.25) is 0 Å². The van der Waals surface area contributed by atoms with Gasteiger partial charge in [-0.3, -0.25) is 4.79 Å². The molecule has 0 radical (unpaired) electrons. The maximum atomic E-state index is 11.8. The minimum atomic E-state index is -0.614. The summed E-state index contributed by atoms with van der Waals surface area (Å²) in [6.45, 7) is 0. The zero-order valence-electron chi connectivity index (χ0n) is 9.89. The van der Waals surface area contributed by atoms with Crippen LogP contribution in [-0.2, 0) is 9.53 Å². The van der Waals surface area contributed by atoms with Crippen molar-refractivity contribution in [2.24, 2.45) is 0 Å². The zero-order valence-corrected chi connectivity index (χ0v) is 9.89. The molecular weight excluding hydrogens is 230 g/mol. The van der Waals surface area contributed by atoms with E-state index in [2.05, 4.69) is 0 Å². The minimum absolute atomic E-state index is 0.00830. The van der Waals surface area contributed by atoms with Gasteiger partial charge in [-0.1, -0.05) is 6.07 Å². The molecule has 1 aromatic carbocycles. The van der Waals surface area contributed by atoms with Crippen molar-refractivity contribution in [2.45, 2.75) is 31.8 Å². The summed E-state index contributed by atoms with van der Waals surface area (Å²) in [6.07, 6.45) is 2.24. The van der Waals surface area contributed by atoms with Gasteiger partial charge in [-0.15, -0.1) is 0 Å². The molecule has 1 saturated carbocycles. The van der Waals surface area contributed by atoms with Gasteiger partial charge in [0.2, 0.25) is 0 Å². The summed E-state index contributed by atoms with van der Waals surface area (Å²) in [6, 6.07) is 8.24. The number of hydrogen-bond acceptors (Lipinski definition) is 4. The van der Waals surface area contributed by atoms with Gasteiger partial charge >= 0.3 is 5.97 Å². The maximum Gasteiger partial charge on any atom is 0.338 e. The Morgan fingerprint density at radius 3 is 2.94 bits per heavy atom. The van der Waals surface area contributed by atoms with Crippen molar-refractivity contribution in [3.8, 4) is 6.07 Å². The second kappa shape index (κ2) is 5.46. The van der Waals surface area contributed by atoms with Gasteiger partial charge in [0.1, 0.15) is 0 Å². The van der Waals surface area contributed by atoms with Crippen molar-refractivity contribution < 1.29 is 14.3 Å². The average Bonchev–Trinajstić information content (AvgIpc) is 2.41. The minimum Gasteiger partial charge on any atom is -0.451 e. The van der Waals surface area contributed by atoms with Crippen LogP contribution in [0.1, 0.15) is 41.6 Å². The fourth-order valence-corrected chi connectivity index (χ4v) is 1.99. The highest BCUT2D eigenvalue weighted by molar-refractivity contribution is 5.93. The second-order valence-electron chi connectivity index (χ2n) is 4.30. The Morgan fingerprint density at radius 2 is 2.22 bits per heavy atom. The van der Waals surface area contributed by atoms with Gasteiger partial charge in [0, 0.05) is 6.42 Å². The molecule has 92 valence electrons. The van der Waals surface area contributed by atoms with E-state index in [1.165, 1.54) is 6.07 Å². The Balaban J connectivity index is 2.07. The van der Waals surface area contributed by atoms with E-state index in [1.807, 2.05) is 6.07 Å². The third-order valence-corrected chi connectivity index (χ3v) is 2.98. The molecule has 1 fully saturated rings. The molecule has 0 unspecified atom stereocenters. The number of Topliss-reactive ketones (excluding diaryl/α,β-unsaturated/α-hetero) is 1. The van der Waals surface area contributed by atoms with E-state index < -0.39 is 12.1 Å². The van der Waals surface area contributed by atoms with E-state index in [0.717, 1.165) is 12.8 Å². The van der Waals surface area contributed by atoms with Crippen LogP contribution >= 0.6 is 0 Å². The first-order valence-corrected chi connectivity index (χ1v) is 5.94. The molecule has 0 spiro atoms. The molecule has 1 atom stereocenters. The van der Waals surface area contributed by atoms with Crippen LogP contribution < -0.4 is 0 Å². The number of esters is 1. The molecule has 4 nitrogen and oxygen atoms in total. The first kappa shape index (κ1) is 12.3. The molecule has 1 aliphatic rings. The lowest BCUT2D eigenvalue weighted by Gasteiger charge is -2.20. The largest absolute Gasteiger partial charge is 0.451 e. The van der Waals surface area contributed by atoms with Gasteiger partial charge in [0.25, 0.3) is 0 Å². The molecule has 0 aliphatic heterocycles. The Morgan fingerprint density at radius 1 is 1.39 bits per heavy atom. The summed E-state index contributed by atoms with van der Waals surface area (Å²) >= 11 is 0. The lowest BCUT2D eigenvalue weighted by Crippen LogP contribution is -2.30. The Hall–Kier alpha value is -2.15. The molecule has 4 heteroatoms. The van der Waals surface area contributed by atoms with Crippen LogP contribution in [0.4, 0.5) is 0 Å². The highest BCUT2D eigenvalue weighted by Gasteiger charge is 2.26. The topological polar surface area (TPSA) is 67.2 Å². The molecule has 0 saturated heterocycles. The van der Waals surface area contributed by atoms with E-state index in [-0.39, 0.29) is 5.78 Å². The highest BCUT2D eigenvalue weighted by Crippen LogP contribution is 2.19. The first-order chi connectivity index (χ1) is 8.70. The Bertz CT molecular complexity index is 516. The summed E-state index contributed by atoms with van der Waals surface area (Å²) in [5.74, 6) is -0.543. The van der Waals surface area contributed by atoms with Crippen molar-refractivity contribution in [3.63, 3.8) is 0 Å². The number of hydrogen-bond donors (Lipinski definition) is 0. The SMILES string of the molecule is N#Cc1cccc(C(=O)O[C@@H]2CCCCC2=O)c1. The fourth-order valence-electron chi connectivity index (χ4n) is 1.99. The summed E-state index contributed by atoms with van der Waals surface area (Å²) in [7, 11) is 0. The third kappa shape index (κ3) is 2.75. The second-order valence-corrected chi connectivity index (χ2v) is 4.30. The van der Waals surface area contributed by atoms with Crippen LogP contribution in [0.25, 0.3) is 0 Å².